The molecule has 1 heterocycles. The summed E-state index contributed by atoms with van der Waals surface area (Å²) in [4.78, 5) is 17.7. The molecule has 7 heteroatoms. The van der Waals surface area contributed by atoms with Crippen LogP contribution in [0.5, 0.6) is 5.75 Å². The van der Waals surface area contributed by atoms with E-state index < -0.39 is 0 Å². The molecule has 1 N–H and O–H groups in total. The van der Waals surface area contributed by atoms with Crippen LogP contribution in [0.3, 0.4) is 0 Å². The lowest BCUT2D eigenvalue weighted by Gasteiger charge is -2.08. The third-order valence-corrected chi connectivity index (χ3v) is 5.37. The van der Waals surface area contributed by atoms with Crippen molar-refractivity contribution in [1.82, 2.24) is 4.98 Å². The van der Waals surface area contributed by atoms with Gasteiger partial charge in [0.15, 0.2) is 0 Å². The van der Waals surface area contributed by atoms with Gasteiger partial charge in [-0.15, -0.1) is 23.1 Å². The molecule has 1 aromatic heterocycles. The number of benzene rings is 2. The average Bonchev–Trinajstić information content (AvgIpc) is 3.14. The molecule has 3 rings (SSSR count). The number of thioether (sulfide) groups is 1. The first kappa shape index (κ1) is 17.8. The number of hydrogen-bond donors (Lipinski definition) is 1. The number of carbonyl (C=O) groups is 1. The van der Waals surface area contributed by atoms with Crippen LogP contribution in [0.4, 0.5) is 5.69 Å². The van der Waals surface area contributed by atoms with Gasteiger partial charge in [-0.3, -0.25) is 4.79 Å². The van der Waals surface area contributed by atoms with Crippen LogP contribution >= 0.6 is 34.7 Å². The Morgan fingerprint density at radius 1 is 1.28 bits per heavy atom. The molecule has 128 valence electrons. The Labute approximate surface area is 159 Å². The predicted molar refractivity (Wildman–Crippen MR) is 104 cm³/mol. The molecule has 0 aliphatic rings. The summed E-state index contributed by atoms with van der Waals surface area (Å²) in [6, 6.07) is 12.6. The lowest BCUT2D eigenvalue weighted by molar-refractivity contribution is 0.102. The lowest BCUT2D eigenvalue weighted by Crippen LogP contribution is -2.11. The van der Waals surface area contributed by atoms with Crippen LogP contribution in [0.15, 0.2) is 58.3 Å². The van der Waals surface area contributed by atoms with E-state index in [0.717, 1.165) is 16.3 Å². The highest BCUT2D eigenvalue weighted by Gasteiger charge is 2.08. The monoisotopic (exact) mass is 390 g/mol. The van der Waals surface area contributed by atoms with Crippen molar-refractivity contribution in [1.29, 1.82) is 0 Å². The molecule has 25 heavy (non-hydrogen) atoms. The molecule has 0 aliphatic carbocycles. The smallest absolute Gasteiger partial charge is 0.255 e. The molecule has 0 unspecified atom stereocenters. The molecule has 0 spiro atoms. The summed E-state index contributed by atoms with van der Waals surface area (Å²) in [5.74, 6) is 1.21. The summed E-state index contributed by atoms with van der Waals surface area (Å²) in [6.45, 7) is 0. The van der Waals surface area contributed by atoms with E-state index in [-0.39, 0.29) is 5.91 Å². The Morgan fingerprint density at radius 3 is 2.72 bits per heavy atom. The van der Waals surface area contributed by atoms with Crippen molar-refractivity contribution in [2.24, 2.45) is 0 Å². The molecule has 0 bridgehead atoms. The summed E-state index contributed by atoms with van der Waals surface area (Å²) in [5.41, 5.74) is 4.10. The van der Waals surface area contributed by atoms with Crippen LogP contribution in [-0.4, -0.2) is 18.0 Å². The van der Waals surface area contributed by atoms with Gasteiger partial charge in [-0.2, -0.15) is 0 Å². The van der Waals surface area contributed by atoms with Crippen LogP contribution in [0.2, 0.25) is 5.02 Å². The standard InChI is InChI=1S/C18H15ClN2O2S2/c1-23-17-7-4-13(8-16(17)19)21-18(22)12-2-5-15(6-3-12)25-10-14-9-24-11-20-14/h2-9,11H,10H2,1H3,(H,21,22). The van der Waals surface area contributed by atoms with Gasteiger partial charge in [0.05, 0.1) is 23.3 Å². The van der Waals surface area contributed by atoms with E-state index in [1.165, 1.54) is 0 Å². The molecule has 0 saturated heterocycles. The van der Waals surface area contributed by atoms with Gasteiger partial charge in [-0.1, -0.05) is 11.6 Å². The number of ether oxygens (including phenoxy) is 1. The third-order valence-electron chi connectivity index (χ3n) is 3.40. The zero-order chi connectivity index (χ0) is 17.6. The maximum Gasteiger partial charge on any atom is 0.255 e. The molecule has 4 nitrogen and oxygen atoms in total. The molecular formula is C18H15ClN2O2S2. The molecule has 3 aromatic rings. The van der Waals surface area contributed by atoms with Gasteiger partial charge in [0.25, 0.3) is 5.91 Å². The van der Waals surface area contributed by atoms with Gasteiger partial charge in [0.1, 0.15) is 5.75 Å². The average molecular weight is 391 g/mol. The highest BCUT2D eigenvalue weighted by atomic mass is 35.5. The zero-order valence-electron chi connectivity index (χ0n) is 13.4. The van der Waals surface area contributed by atoms with Gasteiger partial charge in [-0.05, 0) is 42.5 Å². The zero-order valence-corrected chi connectivity index (χ0v) is 15.8. The minimum atomic E-state index is -0.183. The van der Waals surface area contributed by atoms with Gasteiger partial charge in [0, 0.05) is 27.3 Å². The minimum absolute atomic E-state index is 0.183. The van der Waals surface area contributed by atoms with Gasteiger partial charge < -0.3 is 10.1 Å². The maximum absolute atomic E-state index is 12.3. The Hall–Kier alpha value is -2.02. The predicted octanol–water partition coefficient (Wildman–Crippen LogP) is 5.35. The Kier molecular flexibility index (Phi) is 5.96. The summed E-state index contributed by atoms with van der Waals surface area (Å²) in [5, 5.41) is 5.32. The number of nitrogens with one attached hydrogen (secondary N) is 1. The Morgan fingerprint density at radius 2 is 2.08 bits per heavy atom. The molecule has 1 amide bonds. The van der Waals surface area contributed by atoms with E-state index in [9.17, 15) is 4.79 Å². The van der Waals surface area contributed by atoms with Crippen LogP contribution in [0, 0.1) is 0 Å². The number of hydrogen-bond acceptors (Lipinski definition) is 5. The fourth-order valence-corrected chi connectivity index (χ4v) is 3.84. The van der Waals surface area contributed by atoms with Crippen molar-refractivity contribution in [3.05, 3.63) is 69.6 Å². The van der Waals surface area contributed by atoms with E-state index in [1.54, 1.807) is 48.4 Å². The van der Waals surface area contributed by atoms with Crippen LogP contribution in [0.25, 0.3) is 0 Å². The van der Waals surface area contributed by atoms with E-state index in [2.05, 4.69) is 10.3 Å². The van der Waals surface area contributed by atoms with Crippen molar-refractivity contribution >= 4 is 46.3 Å². The summed E-state index contributed by atoms with van der Waals surface area (Å²) < 4.78 is 5.10. The Bertz CT molecular complexity index is 852. The SMILES string of the molecule is COc1ccc(NC(=O)c2ccc(SCc3cscn3)cc2)cc1Cl. The van der Waals surface area contributed by atoms with Gasteiger partial charge in [-0.25, -0.2) is 4.98 Å². The first-order valence-corrected chi connectivity index (χ1v) is 9.71. The quantitative estimate of drug-likeness (QED) is 0.576. The van der Waals surface area contributed by atoms with Gasteiger partial charge in [0.2, 0.25) is 0 Å². The highest BCUT2D eigenvalue weighted by Crippen LogP contribution is 2.28. The molecule has 0 aliphatic heterocycles. The second kappa shape index (κ2) is 8.38. The van der Waals surface area contributed by atoms with Crippen LogP contribution in [-0.2, 0) is 5.75 Å². The van der Waals surface area contributed by atoms with Crippen molar-refractivity contribution in [2.45, 2.75) is 10.6 Å². The summed E-state index contributed by atoms with van der Waals surface area (Å²) in [7, 11) is 1.55. The Balaban J connectivity index is 1.61. The second-order valence-corrected chi connectivity index (χ2v) is 7.27. The normalized spacial score (nSPS) is 10.5. The summed E-state index contributed by atoms with van der Waals surface area (Å²) >= 11 is 9.35. The number of rotatable bonds is 6. The molecule has 2 aromatic carbocycles. The number of halogens is 1. The largest absolute Gasteiger partial charge is 0.495 e. The number of amides is 1. The van der Waals surface area contributed by atoms with E-state index >= 15 is 0 Å². The maximum atomic E-state index is 12.3. The van der Waals surface area contributed by atoms with Crippen molar-refractivity contribution in [3.63, 3.8) is 0 Å². The topological polar surface area (TPSA) is 51.2 Å². The number of methoxy groups -OCH3 is 1. The number of thiazole rings is 1. The van der Waals surface area contributed by atoms with Crippen molar-refractivity contribution in [3.8, 4) is 5.75 Å². The number of anilines is 1. The van der Waals surface area contributed by atoms with Crippen molar-refractivity contribution in [2.75, 3.05) is 12.4 Å². The first-order chi connectivity index (χ1) is 12.2. The first-order valence-electron chi connectivity index (χ1n) is 7.40. The second-order valence-electron chi connectivity index (χ2n) is 5.10. The van der Waals surface area contributed by atoms with Crippen LogP contribution in [0.1, 0.15) is 16.1 Å². The summed E-state index contributed by atoms with van der Waals surface area (Å²) in [6.07, 6.45) is 0. The molecule has 0 radical (unpaired) electrons. The van der Waals surface area contributed by atoms with Crippen molar-refractivity contribution < 1.29 is 9.53 Å². The fourth-order valence-electron chi connectivity index (χ4n) is 2.12. The molecular weight excluding hydrogens is 376 g/mol. The molecule has 0 atom stereocenters. The number of nitrogens with zero attached hydrogens (tertiary/aromatic N) is 1. The number of carbonyl (C=O) groups excluding carboxylic acids is 1. The van der Waals surface area contributed by atoms with Gasteiger partial charge >= 0.3 is 0 Å². The van der Waals surface area contributed by atoms with Crippen LogP contribution < -0.4 is 10.1 Å². The van der Waals surface area contributed by atoms with E-state index in [0.29, 0.717) is 22.0 Å². The lowest BCUT2D eigenvalue weighted by atomic mass is 10.2. The highest BCUT2D eigenvalue weighted by molar-refractivity contribution is 7.98. The molecule has 0 fully saturated rings. The third kappa shape index (κ3) is 4.75. The van der Waals surface area contributed by atoms with E-state index in [1.807, 2.05) is 35.2 Å². The molecule has 0 saturated carbocycles. The van der Waals surface area contributed by atoms with E-state index in [4.69, 9.17) is 16.3 Å². The fraction of sp³-hybridized carbons (Fsp3) is 0.111. The number of aromatic nitrogens is 1. The minimum Gasteiger partial charge on any atom is -0.495 e.